The van der Waals surface area contributed by atoms with E-state index in [1.54, 1.807) is 0 Å². The van der Waals surface area contributed by atoms with E-state index in [9.17, 15) is 31.7 Å². The molecule has 1 aliphatic heterocycles. The number of ether oxygens (including phenoxy) is 2. The van der Waals surface area contributed by atoms with Crippen LogP contribution in [-0.2, 0) is 16.6 Å². The normalized spacial score (nSPS) is 17.1. The lowest BCUT2D eigenvalue weighted by Crippen LogP contribution is -2.44. The Kier molecular flexibility index (Phi) is 4.69. The molecule has 0 spiro atoms. The predicted molar refractivity (Wildman–Crippen MR) is 81.6 cm³/mol. The maximum atomic E-state index is 12.4. The van der Waals surface area contributed by atoms with Crippen molar-refractivity contribution in [1.82, 2.24) is 14.3 Å². The Morgan fingerprint density at radius 1 is 1.33 bits per heavy atom. The number of aromatic nitrogens is 2. The molecule has 146 valence electrons. The van der Waals surface area contributed by atoms with Crippen LogP contribution < -0.4 is 14.2 Å². The van der Waals surface area contributed by atoms with Crippen LogP contribution in [0.5, 0.6) is 11.8 Å². The zero-order valence-corrected chi connectivity index (χ0v) is 14.0. The van der Waals surface area contributed by atoms with Gasteiger partial charge in [-0.2, -0.15) is 0 Å². The number of rotatable bonds is 5. The quantitative estimate of drug-likeness (QED) is 0.586. The second-order valence-corrected chi connectivity index (χ2v) is 7.15. The minimum Gasteiger partial charge on any atom is -0.444 e. The van der Waals surface area contributed by atoms with Crippen LogP contribution in [0.4, 0.5) is 19.0 Å². The Hall–Kier alpha value is -2.87. The lowest BCUT2D eigenvalue weighted by molar-refractivity contribution is -0.389. The van der Waals surface area contributed by atoms with Gasteiger partial charge in [0.1, 0.15) is 18.6 Å². The molecule has 1 atom stereocenters. The highest BCUT2D eigenvalue weighted by molar-refractivity contribution is 7.89. The molecule has 0 saturated heterocycles. The van der Waals surface area contributed by atoms with Gasteiger partial charge in [0.05, 0.1) is 10.9 Å². The molecule has 0 bridgehead atoms. The van der Waals surface area contributed by atoms with E-state index in [2.05, 4.69) is 14.4 Å². The molecule has 2 heterocycles. The molecular formula is C13H11F3N4O6S. The van der Waals surface area contributed by atoms with Gasteiger partial charge in [0.15, 0.2) is 0 Å². The molecule has 0 aliphatic carbocycles. The van der Waals surface area contributed by atoms with Crippen molar-refractivity contribution in [2.45, 2.75) is 23.8 Å². The van der Waals surface area contributed by atoms with Gasteiger partial charge in [0.2, 0.25) is 10.0 Å². The monoisotopic (exact) mass is 408 g/mol. The number of nitrogens with zero attached hydrogens (tertiary/aromatic N) is 3. The van der Waals surface area contributed by atoms with Crippen molar-refractivity contribution < 1.29 is 36.0 Å². The van der Waals surface area contributed by atoms with Gasteiger partial charge >= 0.3 is 18.2 Å². The summed E-state index contributed by atoms with van der Waals surface area (Å²) in [5.41, 5.74) is 0. The molecule has 0 amide bonds. The highest BCUT2D eigenvalue weighted by atomic mass is 32.2. The van der Waals surface area contributed by atoms with Gasteiger partial charge in [-0.25, -0.2) is 13.1 Å². The molecule has 2 aromatic rings. The van der Waals surface area contributed by atoms with E-state index in [0.29, 0.717) is 0 Å². The first kappa shape index (κ1) is 18.9. The summed E-state index contributed by atoms with van der Waals surface area (Å²) < 4.78 is 73.6. The zero-order valence-electron chi connectivity index (χ0n) is 13.2. The Labute approximate surface area is 149 Å². The van der Waals surface area contributed by atoms with Gasteiger partial charge in [-0.3, -0.25) is 4.57 Å². The van der Waals surface area contributed by atoms with Crippen LogP contribution >= 0.6 is 0 Å². The summed E-state index contributed by atoms with van der Waals surface area (Å²) in [5.74, 6) is -0.994. The number of benzene rings is 1. The standard InChI is InChI=1S/C13H11F3N4O6S/c14-13(15,16)26-9-1-3-10(4-2-9)27(23,24)18-8-5-19-6-11(20(21)22)17-12(19)25-7-8/h1-4,6,8,18H,5,7H2/t8-/m0/s1. The van der Waals surface area contributed by atoms with Crippen molar-refractivity contribution >= 4 is 15.8 Å². The Morgan fingerprint density at radius 3 is 2.59 bits per heavy atom. The Balaban J connectivity index is 1.70. The van der Waals surface area contributed by atoms with Crippen molar-refractivity contribution in [3.8, 4) is 11.8 Å². The van der Waals surface area contributed by atoms with Crippen LogP contribution in [0.2, 0.25) is 0 Å². The SMILES string of the molecule is O=[N+]([O-])c1cn2c(n1)OC[C@@H](NS(=O)(=O)c1ccc(OC(F)(F)F)cc1)C2. The summed E-state index contributed by atoms with van der Waals surface area (Å²) in [4.78, 5) is 13.4. The number of fused-ring (bicyclic) bond motifs is 1. The molecule has 10 nitrogen and oxygen atoms in total. The van der Waals surface area contributed by atoms with Gasteiger partial charge in [-0.15, -0.1) is 13.2 Å². The van der Waals surface area contributed by atoms with E-state index >= 15 is 0 Å². The van der Waals surface area contributed by atoms with Crippen molar-refractivity contribution in [2.24, 2.45) is 0 Å². The van der Waals surface area contributed by atoms with Gasteiger partial charge in [-0.05, 0) is 29.2 Å². The molecule has 0 saturated carbocycles. The summed E-state index contributed by atoms with van der Waals surface area (Å²) in [6, 6.07) is 2.89. The fourth-order valence-electron chi connectivity index (χ4n) is 2.36. The molecular weight excluding hydrogens is 397 g/mol. The minimum absolute atomic E-state index is 0.00852. The fraction of sp³-hybridized carbons (Fsp3) is 0.308. The topological polar surface area (TPSA) is 126 Å². The second kappa shape index (κ2) is 6.70. The molecule has 0 radical (unpaired) electrons. The van der Waals surface area contributed by atoms with Crippen molar-refractivity contribution in [2.75, 3.05) is 6.61 Å². The Morgan fingerprint density at radius 2 is 2.00 bits per heavy atom. The number of nitro groups is 1. The lowest BCUT2D eigenvalue weighted by atomic mass is 10.3. The van der Waals surface area contributed by atoms with E-state index in [4.69, 9.17) is 4.74 Å². The van der Waals surface area contributed by atoms with Gasteiger partial charge in [0.25, 0.3) is 0 Å². The summed E-state index contributed by atoms with van der Waals surface area (Å²) >= 11 is 0. The van der Waals surface area contributed by atoms with Crippen LogP contribution in [-0.4, -0.2) is 41.9 Å². The molecule has 1 aromatic heterocycles. The third kappa shape index (κ3) is 4.46. The lowest BCUT2D eigenvalue weighted by Gasteiger charge is -2.22. The fourth-order valence-corrected chi connectivity index (χ4v) is 3.58. The minimum atomic E-state index is -4.89. The number of hydrogen-bond donors (Lipinski definition) is 1. The molecule has 1 aliphatic rings. The molecule has 0 fully saturated rings. The number of hydrogen-bond acceptors (Lipinski definition) is 7. The van der Waals surface area contributed by atoms with Gasteiger partial charge in [0, 0.05) is 11.5 Å². The predicted octanol–water partition coefficient (Wildman–Crippen LogP) is 1.43. The number of imidazole rings is 1. The van der Waals surface area contributed by atoms with Crippen LogP contribution in [0.1, 0.15) is 0 Å². The second-order valence-electron chi connectivity index (χ2n) is 5.44. The van der Waals surface area contributed by atoms with Crippen molar-refractivity contribution in [3.63, 3.8) is 0 Å². The third-order valence-electron chi connectivity index (χ3n) is 3.43. The number of nitrogens with one attached hydrogen (secondary N) is 1. The van der Waals surface area contributed by atoms with E-state index in [1.807, 2.05) is 0 Å². The Bertz CT molecular complexity index is 957. The van der Waals surface area contributed by atoms with Crippen molar-refractivity contribution in [1.29, 1.82) is 0 Å². The largest absolute Gasteiger partial charge is 0.573 e. The average Bonchev–Trinajstić information content (AvgIpc) is 2.97. The van der Waals surface area contributed by atoms with Crippen LogP contribution in [0.15, 0.2) is 35.4 Å². The molecule has 3 rings (SSSR count). The zero-order chi connectivity index (χ0) is 19.8. The van der Waals surface area contributed by atoms with Crippen molar-refractivity contribution in [3.05, 3.63) is 40.6 Å². The molecule has 1 aromatic carbocycles. The number of sulfonamides is 1. The molecule has 1 N–H and O–H groups in total. The first-order chi connectivity index (χ1) is 12.5. The van der Waals surface area contributed by atoms with E-state index in [1.165, 1.54) is 4.57 Å². The molecule has 27 heavy (non-hydrogen) atoms. The molecule has 14 heteroatoms. The first-order valence-electron chi connectivity index (χ1n) is 7.26. The smallest absolute Gasteiger partial charge is 0.444 e. The van der Waals surface area contributed by atoms with Crippen LogP contribution in [0.3, 0.4) is 0 Å². The summed E-state index contributed by atoms with van der Waals surface area (Å²) in [6.45, 7) is -0.0899. The first-order valence-corrected chi connectivity index (χ1v) is 8.74. The summed E-state index contributed by atoms with van der Waals surface area (Å²) in [5, 5.41) is 10.7. The summed E-state index contributed by atoms with van der Waals surface area (Å²) in [6.07, 6.45) is -3.78. The van der Waals surface area contributed by atoms with Gasteiger partial charge < -0.3 is 19.6 Å². The van der Waals surface area contributed by atoms with E-state index in [-0.39, 0.29) is 24.1 Å². The number of alkyl halides is 3. The maximum Gasteiger partial charge on any atom is 0.573 e. The van der Waals surface area contributed by atoms with E-state index < -0.39 is 38.9 Å². The van der Waals surface area contributed by atoms with Crippen LogP contribution in [0, 0.1) is 10.1 Å². The average molecular weight is 408 g/mol. The van der Waals surface area contributed by atoms with Gasteiger partial charge in [-0.1, -0.05) is 0 Å². The van der Waals surface area contributed by atoms with Crippen LogP contribution in [0.25, 0.3) is 0 Å². The highest BCUT2D eigenvalue weighted by Crippen LogP contribution is 2.25. The van der Waals surface area contributed by atoms with E-state index in [0.717, 1.165) is 30.5 Å². The summed E-state index contributed by atoms with van der Waals surface area (Å²) in [7, 11) is -4.07. The highest BCUT2D eigenvalue weighted by Gasteiger charge is 2.32. The number of halogens is 3. The third-order valence-corrected chi connectivity index (χ3v) is 4.97. The maximum absolute atomic E-state index is 12.4. The molecule has 0 unspecified atom stereocenters.